The van der Waals surface area contributed by atoms with Gasteiger partial charge in [-0.3, -0.25) is 0 Å². The first-order valence-corrected chi connectivity index (χ1v) is 6.50. The maximum Gasteiger partial charge on any atom is 0.558 e. The van der Waals surface area contributed by atoms with E-state index < -0.39 is 8.85 Å². The Kier molecular flexibility index (Phi) is 8.16. The van der Waals surface area contributed by atoms with Crippen LogP contribution in [0.3, 0.4) is 0 Å². The Balaban J connectivity index is 0.000000503. The molecule has 0 aliphatic carbocycles. The largest absolute Gasteiger partial charge is 0.558 e. The van der Waals surface area contributed by atoms with E-state index in [4.69, 9.17) is 11.8 Å². The maximum atomic E-state index is 9.77. The molecule has 0 atom stereocenters. The summed E-state index contributed by atoms with van der Waals surface area (Å²) in [6.45, 7) is 4.75. The van der Waals surface area contributed by atoms with Gasteiger partial charge in [-0.15, -0.1) is 24.5 Å². The Labute approximate surface area is 135 Å². The van der Waals surface area contributed by atoms with Gasteiger partial charge in [-0.05, 0) is 26.7 Å². The molecule has 0 fully saturated rings. The van der Waals surface area contributed by atoms with Crippen LogP contribution in [0, 0.1) is 11.8 Å². The average Bonchev–Trinajstić information content (AvgIpc) is 2.91. The predicted molar refractivity (Wildman–Crippen MR) is 70.8 cm³/mol. The van der Waals surface area contributed by atoms with Crippen molar-refractivity contribution < 1.29 is 33.7 Å². The van der Waals surface area contributed by atoms with Gasteiger partial charge in [0.25, 0.3) is 0 Å². The monoisotopic (exact) mass is 498 g/mol. The van der Waals surface area contributed by atoms with Gasteiger partial charge >= 0.3 is 8.85 Å². The number of hydrogen-bond acceptors (Lipinski definition) is 1. The Morgan fingerprint density at radius 2 is 1.24 bits per heavy atom. The summed E-state index contributed by atoms with van der Waals surface area (Å²) < 4.78 is 37.6. The molecule has 3 aliphatic rings. The van der Waals surface area contributed by atoms with E-state index in [0.29, 0.717) is 0 Å². The molecule has 0 spiro atoms. The van der Waals surface area contributed by atoms with Crippen LogP contribution in [0.15, 0.2) is 37.2 Å². The van der Waals surface area contributed by atoms with Crippen LogP contribution in [-0.2, 0) is 35.2 Å². The molecule has 0 amide bonds. The molecule has 0 bridgehead atoms. The van der Waals surface area contributed by atoms with Gasteiger partial charge in [0.1, 0.15) is 0 Å². The first-order chi connectivity index (χ1) is 9.47. The number of aryl methyl sites for hydroxylation is 2. The second kappa shape index (κ2) is 8.76. The smallest absolute Gasteiger partial charge is 0.512 e. The average molecular weight is 498 g/mol. The van der Waals surface area contributed by atoms with E-state index in [9.17, 15) is 12.6 Å². The van der Waals surface area contributed by atoms with Gasteiger partial charge in [-0.2, -0.15) is 0 Å². The van der Waals surface area contributed by atoms with Crippen LogP contribution in [0.1, 0.15) is 0 Å². The van der Waals surface area contributed by atoms with Crippen LogP contribution in [0.2, 0.25) is 0 Å². The van der Waals surface area contributed by atoms with E-state index in [-0.39, 0.29) is 21.1 Å². The van der Waals surface area contributed by atoms with Gasteiger partial charge in [0.05, 0.1) is 0 Å². The van der Waals surface area contributed by atoms with Gasteiger partial charge in [-0.1, -0.05) is 11.4 Å². The third-order valence-electron chi connectivity index (χ3n) is 2.44. The van der Waals surface area contributed by atoms with E-state index in [1.54, 1.807) is 0 Å². The van der Waals surface area contributed by atoms with Crippen molar-refractivity contribution in [1.29, 1.82) is 5.26 Å². The second-order valence-electron chi connectivity index (χ2n) is 3.91. The quantitative estimate of drug-likeness (QED) is 0.347. The Bertz CT molecular complexity index is 587. The molecule has 5 nitrogen and oxygen atoms in total. The molecule has 3 aliphatic heterocycles. The molecule has 0 unspecified atom stereocenters. The predicted octanol–water partition coefficient (Wildman–Crippen LogP) is 3.33. The summed E-state index contributed by atoms with van der Waals surface area (Å²) in [5, 5.41) is 6.25. The van der Waals surface area contributed by atoms with Crippen molar-refractivity contribution in [2.24, 2.45) is 14.1 Å². The molecular formula is C11H13F3N5PPt-2. The number of imidazole rings is 2. The van der Waals surface area contributed by atoms with E-state index in [2.05, 4.69) is 55.7 Å². The number of hydrogen-bond donors (Lipinski definition) is 0. The fourth-order valence-electron chi connectivity index (χ4n) is 1.85. The van der Waals surface area contributed by atoms with Crippen molar-refractivity contribution in [3.05, 3.63) is 43.8 Å². The number of nitrogens with zero attached hydrogens (tertiary/aromatic N) is 5. The van der Waals surface area contributed by atoms with Gasteiger partial charge < -0.3 is 30.3 Å². The van der Waals surface area contributed by atoms with Gasteiger partial charge in [-0.25, -0.2) is 0 Å². The number of aromatic nitrogens is 4. The number of fused-ring (bicyclic) bond motifs is 3. The number of rotatable bonds is 0. The summed E-state index contributed by atoms with van der Waals surface area (Å²) in [5.74, 6) is 0. The van der Waals surface area contributed by atoms with E-state index >= 15 is 0 Å². The maximum absolute atomic E-state index is 9.77. The normalized spacial score (nSPS) is 9.52. The molecule has 0 saturated heterocycles. The van der Waals surface area contributed by atoms with Crippen LogP contribution in [0.25, 0.3) is 11.4 Å². The summed E-state index contributed by atoms with van der Waals surface area (Å²) in [7, 11) is -0.319. The molecule has 3 rings (SSSR count). The Morgan fingerprint density at radius 1 is 0.952 bits per heavy atom. The van der Waals surface area contributed by atoms with Crippen molar-refractivity contribution in [2.75, 3.05) is 0 Å². The van der Waals surface area contributed by atoms with Crippen molar-refractivity contribution in [3.8, 4) is 11.4 Å². The summed E-state index contributed by atoms with van der Waals surface area (Å²) in [6, 6.07) is 4.24. The zero-order valence-electron chi connectivity index (χ0n) is 11.2. The van der Waals surface area contributed by atoms with Crippen molar-refractivity contribution in [1.82, 2.24) is 18.5 Å². The minimum Gasteiger partial charge on any atom is -0.512 e. The molecule has 0 radical (unpaired) electrons. The molecule has 0 N–H and O–H groups in total. The first-order valence-electron chi connectivity index (χ1n) is 5.37. The van der Waals surface area contributed by atoms with Crippen LogP contribution in [0.5, 0.6) is 0 Å². The Hall–Kier alpha value is -1.44. The molecule has 0 saturated carbocycles. The SMILES string of the molecule is Cn1cc2ccc3cn(C)[cH-]n-3n-2[cH-]1.F[PH+](F)F.[C-]#N.[Pt]. The summed E-state index contributed by atoms with van der Waals surface area (Å²) >= 11 is 0. The Morgan fingerprint density at radius 3 is 1.52 bits per heavy atom. The molecule has 21 heavy (non-hydrogen) atoms. The zero-order chi connectivity index (χ0) is 15.3. The minimum absolute atomic E-state index is 0. The summed E-state index contributed by atoms with van der Waals surface area (Å²) in [6.07, 6.45) is 8.31. The fraction of sp³-hybridized carbons (Fsp3) is 0.182. The van der Waals surface area contributed by atoms with E-state index in [0.717, 1.165) is 0 Å². The molecule has 0 aromatic rings. The fourth-order valence-corrected chi connectivity index (χ4v) is 1.85. The molecule has 3 heterocycles. The van der Waals surface area contributed by atoms with E-state index in [1.807, 2.05) is 14.1 Å². The zero-order valence-corrected chi connectivity index (χ0v) is 14.4. The standard InChI is InChI=1S/C10H12N4.CN.F3HP.Pt/c1-11-5-9-3-4-10-6-12(2)8-14(10)13(9)7-11;1-2;1-4(2)3;/h3-8H,1-2H3;;4H;/q-2;-1;+1;. The number of halogens is 3. The van der Waals surface area contributed by atoms with Crippen molar-refractivity contribution in [3.63, 3.8) is 0 Å². The third kappa shape index (κ3) is 5.11. The van der Waals surface area contributed by atoms with Crippen LogP contribution in [-0.4, -0.2) is 18.5 Å². The van der Waals surface area contributed by atoms with Gasteiger partial charge in [0.15, 0.2) is 0 Å². The van der Waals surface area contributed by atoms with Crippen LogP contribution < -0.4 is 0 Å². The second-order valence-corrected chi connectivity index (χ2v) is 4.34. The van der Waals surface area contributed by atoms with Crippen molar-refractivity contribution >= 4 is 8.85 Å². The van der Waals surface area contributed by atoms with Crippen LogP contribution >= 0.6 is 8.85 Å². The first kappa shape index (κ1) is 19.6. The molecule has 0 aromatic heterocycles. The van der Waals surface area contributed by atoms with Gasteiger partial charge in [0, 0.05) is 33.7 Å². The topological polar surface area (TPSA) is 43.5 Å². The van der Waals surface area contributed by atoms with Crippen molar-refractivity contribution in [2.45, 2.75) is 0 Å². The molecule has 0 aromatic carbocycles. The molecule has 120 valence electrons. The van der Waals surface area contributed by atoms with Crippen LogP contribution in [0.4, 0.5) is 12.6 Å². The van der Waals surface area contributed by atoms with E-state index in [1.165, 1.54) is 11.4 Å². The molecular weight excluding hydrogens is 485 g/mol. The molecule has 10 heteroatoms. The minimum atomic E-state index is -4.38. The summed E-state index contributed by atoms with van der Waals surface area (Å²) in [5.41, 5.74) is 2.38. The van der Waals surface area contributed by atoms with Gasteiger partial charge in [0.2, 0.25) is 0 Å². The summed E-state index contributed by atoms with van der Waals surface area (Å²) in [4.78, 5) is 0. The third-order valence-corrected chi connectivity index (χ3v) is 2.44.